The molecule has 0 bridgehead atoms. The molecule has 174 valence electrons. The maximum Gasteiger partial charge on any atom is 0.392 e. The Kier molecular flexibility index (Phi) is 6.78. The Morgan fingerprint density at radius 1 is 1.35 bits per heavy atom. The van der Waals surface area contributed by atoms with E-state index in [0.717, 1.165) is 12.8 Å². The van der Waals surface area contributed by atoms with Crippen molar-refractivity contribution >= 4 is 11.0 Å². The Labute approximate surface area is 178 Å². The number of halogens is 3. The summed E-state index contributed by atoms with van der Waals surface area (Å²) in [4.78, 5) is 21.0. The molecule has 0 amide bonds. The average Bonchev–Trinajstić information content (AvgIpc) is 3.08. The lowest BCUT2D eigenvalue weighted by molar-refractivity contribution is -0.244. The van der Waals surface area contributed by atoms with Gasteiger partial charge in [-0.15, -0.1) is 0 Å². The predicted octanol–water partition coefficient (Wildman–Crippen LogP) is 2.98. The number of ether oxygens (including phenoxy) is 1. The molecule has 2 aromatic rings. The molecule has 0 aliphatic carbocycles. The van der Waals surface area contributed by atoms with E-state index in [9.17, 15) is 23.1 Å². The highest BCUT2D eigenvalue weighted by Crippen LogP contribution is 2.31. The van der Waals surface area contributed by atoms with Crippen molar-refractivity contribution in [3.8, 4) is 0 Å². The first-order valence-electron chi connectivity index (χ1n) is 10.5. The van der Waals surface area contributed by atoms with E-state index in [1.54, 1.807) is 9.58 Å². The Hall–Kier alpha value is -1.98. The van der Waals surface area contributed by atoms with Crippen LogP contribution in [0.3, 0.4) is 0 Å². The summed E-state index contributed by atoms with van der Waals surface area (Å²) in [6, 6.07) is -0.198. The Balaban J connectivity index is 1.87. The quantitative estimate of drug-likeness (QED) is 0.664. The molecule has 31 heavy (non-hydrogen) atoms. The zero-order chi connectivity index (χ0) is 23.0. The number of hydrogen-bond acceptors (Lipinski definition) is 6. The molecule has 1 aliphatic heterocycles. The summed E-state index contributed by atoms with van der Waals surface area (Å²) in [6.07, 6.45) is -3.08. The third-order valence-corrected chi connectivity index (χ3v) is 5.45. The molecule has 0 saturated carbocycles. The molecule has 3 atom stereocenters. The zero-order valence-corrected chi connectivity index (χ0v) is 18.2. The van der Waals surface area contributed by atoms with Gasteiger partial charge in [-0.1, -0.05) is 6.92 Å². The van der Waals surface area contributed by atoms with Gasteiger partial charge in [0.15, 0.2) is 5.65 Å². The molecule has 1 aliphatic rings. The highest BCUT2D eigenvalue weighted by atomic mass is 19.4. The first kappa shape index (κ1) is 23.7. The molecule has 1 saturated heterocycles. The molecule has 0 spiro atoms. The molecule has 1 fully saturated rings. The standard InChI is InChI=1S/C20H30F3N5O3/c1-5-12(20(21,22)23)9-15-25-16-14(17(29)26-15)10-24-28(16)13-7-6-8-27(11-13)18(30)31-19(2,3)4/h10,12-13,18,30H,5-9,11H2,1-4H3,(H,25,26,29). The van der Waals surface area contributed by atoms with Crippen molar-refractivity contribution in [3.05, 3.63) is 22.4 Å². The highest BCUT2D eigenvalue weighted by molar-refractivity contribution is 5.73. The van der Waals surface area contributed by atoms with Crippen molar-refractivity contribution in [1.82, 2.24) is 24.6 Å². The number of H-pyrrole nitrogens is 1. The normalized spacial score (nSPS) is 20.8. The number of aliphatic hydroxyl groups excluding tert-OH is 1. The summed E-state index contributed by atoms with van der Waals surface area (Å²) < 4.78 is 46.8. The van der Waals surface area contributed by atoms with Crippen molar-refractivity contribution in [1.29, 1.82) is 0 Å². The van der Waals surface area contributed by atoms with E-state index in [2.05, 4.69) is 15.1 Å². The van der Waals surface area contributed by atoms with Crippen LogP contribution in [0.1, 0.15) is 58.8 Å². The summed E-state index contributed by atoms with van der Waals surface area (Å²) in [5.41, 5.74) is -0.774. The van der Waals surface area contributed by atoms with E-state index < -0.39 is 36.1 Å². The van der Waals surface area contributed by atoms with Crippen molar-refractivity contribution in [2.24, 2.45) is 5.92 Å². The summed E-state index contributed by atoms with van der Waals surface area (Å²) >= 11 is 0. The Bertz CT molecular complexity index is 950. The predicted molar refractivity (Wildman–Crippen MR) is 108 cm³/mol. The van der Waals surface area contributed by atoms with Gasteiger partial charge in [-0.2, -0.15) is 18.3 Å². The van der Waals surface area contributed by atoms with E-state index in [-0.39, 0.29) is 29.3 Å². The van der Waals surface area contributed by atoms with Crippen molar-refractivity contribution in [3.63, 3.8) is 0 Å². The van der Waals surface area contributed by atoms with Crippen LogP contribution < -0.4 is 5.56 Å². The van der Waals surface area contributed by atoms with Crippen molar-refractivity contribution in [2.75, 3.05) is 13.1 Å². The van der Waals surface area contributed by atoms with Gasteiger partial charge in [-0.3, -0.25) is 9.69 Å². The number of fused-ring (bicyclic) bond motifs is 1. The molecule has 11 heteroatoms. The van der Waals surface area contributed by atoms with Gasteiger partial charge in [0.05, 0.1) is 23.8 Å². The minimum Gasteiger partial charge on any atom is -0.356 e. The third kappa shape index (κ3) is 5.64. The first-order valence-corrected chi connectivity index (χ1v) is 10.5. The van der Waals surface area contributed by atoms with Crippen LogP contribution >= 0.6 is 0 Å². The molecule has 3 rings (SSSR count). The summed E-state index contributed by atoms with van der Waals surface area (Å²) in [6.45, 7) is 8.05. The van der Waals surface area contributed by atoms with Crippen molar-refractivity contribution in [2.45, 2.75) is 77.6 Å². The molecule has 3 heterocycles. The van der Waals surface area contributed by atoms with Gasteiger partial charge in [0.1, 0.15) is 11.2 Å². The topological polar surface area (TPSA) is 96.3 Å². The number of likely N-dealkylation sites (tertiary alicyclic amines) is 1. The minimum atomic E-state index is -4.37. The van der Waals surface area contributed by atoms with Crippen LogP contribution in [-0.2, 0) is 11.2 Å². The number of rotatable bonds is 6. The lowest BCUT2D eigenvalue weighted by atomic mass is 10.0. The fraction of sp³-hybridized carbons (Fsp3) is 0.750. The number of aliphatic hydroxyl groups is 1. The van der Waals surface area contributed by atoms with E-state index in [1.807, 2.05) is 20.8 Å². The maximum absolute atomic E-state index is 13.2. The first-order chi connectivity index (χ1) is 14.4. The molecule has 8 nitrogen and oxygen atoms in total. The fourth-order valence-corrected chi connectivity index (χ4v) is 3.84. The number of aromatic amines is 1. The Morgan fingerprint density at radius 3 is 2.68 bits per heavy atom. The van der Waals surface area contributed by atoms with Gasteiger partial charge in [0.2, 0.25) is 6.41 Å². The zero-order valence-electron chi connectivity index (χ0n) is 18.2. The number of alkyl halides is 3. The van der Waals surface area contributed by atoms with Crippen LogP contribution in [0.4, 0.5) is 13.2 Å². The van der Waals surface area contributed by atoms with E-state index in [1.165, 1.54) is 13.1 Å². The van der Waals surface area contributed by atoms with Crippen LogP contribution in [0.2, 0.25) is 0 Å². The molecule has 2 N–H and O–H groups in total. The smallest absolute Gasteiger partial charge is 0.356 e. The third-order valence-electron chi connectivity index (χ3n) is 5.45. The highest BCUT2D eigenvalue weighted by Gasteiger charge is 2.38. The minimum absolute atomic E-state index is 0.00723. The average molecular weight is 445 g/mol. The fourth-order valence-electron chi connectivity index (χ4n) is 3.84. The van der Waals surface area contributed by atoms with Gasteiger partial charge in [0.25, 0.3) is 5.56 Å². The maximum atomic E-state index is 13.2. The number of aromatic nitrogens is 4. The van der Waals surface area contributed by atoms with Gasteiger partial charge in [-0.05, 0) is 40.0 Å². The van der Waals surface area contributed by atoms with Gasteiger partial charge in [-0.25, -0.2) is 9.67 Å². The van der Waals surface area contributed by atoms with Gasteiger partial charge < -0.3 is 14.8 Å². The van der Waals surface area contributed by atoms with Crippen LogP contribution in [0.15, 0.2) is 11.0 Å². The number of hydrogen-bond donors (Lipinski definition) is 2. The van der Waals surface area contributed by atoms with Gasteiger partial charge in [0, 0.05) is 19.5 Å². The lowest BCUT2D eigenvalue weighted by Crippen LogP contribution is -2.47. The summed E-state index contributed by atoms with van der Waals surface area (Å²) in [7, 11) is 0. The van der Waals surface area contributed by atoms with Crippen LogP contribution in [-0.4, -0.2) is 61.0 Å². The second kappa shape index (κ2) is 8.87. The summed E-state index contributed by atoms with van der Waals surface area (Å²) in [5.74, 6) is -1.59. The SMILES string of the molecule is CCC(Cc1nc2c(cnn2C2CCCN(C(O)OC(C)(C)C)C2)c(=O)[nH]1)C(F)(F)F. The van der Waals surface area contributed by atoms with E-state index in [0.29, 0.717) is 13.1 Å². The second-order valence-corrected chi connectivity index (χ2v) is 9.04. The van der Waals surface area contributed by atoms with E-state index in [4.69, 9.17) is 4.74 Å². The lowest BCUT2D eigenvalue weighted by Gasteiger charge is -2.37. The summed E-state index contributed by atoms with van der Waals surface area (Å²) in [5, 5.41) is 15.0. The molecule has 0 aromatic carbocycles. The largest absolute Gasteiger partial charge is 0.392 e. The number of nitrogens with zero attached hydrogens (tertiary/aromatic N) is 4. The van der Waals surface area contributed by atoms with Gasteiger partial charge >= 0.3 is 6.18 Å². The molecular formula is C20H30F3N5O3. The number of nitrogens with one attached hydrogen (secondary N) is 1. The molecule has 3 unspecified atom stereocenters. The molecule has 0 radical (unpaired) electrons. The van der Waals surface area contributed by atoms with Crippen LogP contribution in [0.25, 0.3) is 11.0 Å². The van der Waals surface area contributed by atoms with E-state index >= 15 is 0 Å². The molecule has 2 aromatic heterocycles. The second-order valence-electron chi connectivity index (χ2n) is 9.04. The monoisotopic (exact) mass is 445 g/mol. The van der Waals surface area contributed by atoms with Crippen molar-refractivity contribution < 1.29 is 23.0 Å². The molecular weight excluding hydrogens is 415 g/mol. The Morgan fingerprint density at radius 2 is 2.06 bits per heavy atom. The number of piperidine rings is 1. The van der Waals surface area contributed by atoms with Crippen LogP contribution in [0, 0.1) is 5.92 Å². The van der Waals surface area contributed by atoms with Crippen LogP contribution in [0.5, 0.6) is 0 Å².